The minimum atomic E-state index is -0.269. The molecule has 2 N–H and O–H groups in total. The van der Waals surface area contributed by atoms with Gasteiger partial charge in [0.2, 0.25) is 16.0 Å². The summed E-state index contributed by atoms with van der Waals surface area (Å²) in [4.78, 5) is 18.8. The van der Waals surface area contributed by atoms with Crippen LogP contribution in [0.2, 0.25) is 0 Å². The molecule has 1 aliphatic heterocycles. The van der Waals surface area contributed by atoms with Gasteiger partial charge in [0.1, 0.15) is 5.82 Å². The van der Waals surface area contributed by atoms with E-state index in [1.54, 1.807) is 16.6 Å². The molecule has 124 valence electrons. The Morgan fingerprint density at radius 1 is 1.33 bits per heavy atom. The van der Waals surface area contributed by atoms with Gasteiger partial charge in [0.25, 0.3) is 0 Å². The summed E-state index contributed by atoms with van der Waals surface area (Å²) in [6.45, 7) is 1.47. The quantitative estimate of drug-likeness (QED) is 0.790. The number of benzene rings is 1. The zero-order chi connectivity index (χ0) is 16.7. The Balaban J connectivity index is 1.59. The molecule has 1 saturated heterocycles. The van der Waals surface area contributed by atoms with Crippen LogP contribution in [0.4, 0.5) is 9.52 Å². The first kappa shape index (κ1) is 15.1. The van der Waals surface area contributed by atoms with E-state index in [2.05, 4.69) is 15.0 Å². The largest absolute Gasteiger partial charge is 0.369 e. The van der Waals surface area contributed by atoms with Crippen LogP contribution in [0.25, 0.3) is 16.2 Å². The number of piperidine rings is 1. The smallest absolute Gasteiger partial charge is 0.222 e. The lowest BCUT2D eigenvalue weighted by atomic mass is 9.98. The van der Waals surface area contributed by atoms with E-state index in [1.807, 2.05) is 6.20 Å². The maximum Gasteiger partial charge on any atom is 0.222 e. The van der Waals surface area contributed by atoms with Crippen molar-refractivity contribution in [2.24, 2.45) is 11.7 Å². The standard InChI is InChI=1S/C16H16FN5OS/c17-12-5-3-10(4-6-12)13-9-22-15(19-13)24-16(20-22)21-7-1-2-11(8-21)14(18)23/h3-6,9,11H,1-2,7-8H2,(H2,18,23)/t11-/m0/s1. The zero-order valence-corrected chi connectivity index (χ0v) is 13.7. The van der Waals surface area contributed by atoms with E-state index in [1.165, 1.54) is 23.5 Å². The van der Waals surface area contributed by atoms with Crippen molar-refractivity contribution in [1.82, 2.24) is 14.6 Å². The van der Waals surface area contributed by atoms with Crippen molar-refractivity contribution < 1.29 is 9.18 Å². The molecule has 0 radical (unpaired) electrons. The number of imidazole rings is 1. The van der Waals surface area contributed by atoms with Crippen molar-refractivity contribution in [2.45, 2.75) is 12.8 Å². The molecule has 0 saturated carbocycles. The van der Waals surface area contributed by atoms with Crippen LogP contribution in [-0.2, 0) is 4.79 Å². The molecular formula is C16H16FN5OS. The number of nitrogens with zero attached hydrogens (tertiary/aromatic N) is 4. The van der Waals surface area contributed by atoms with Gasteiger partial charge >= 0.3 is 0 Å². The number of nitrogens with two attached hydrogens (primary N) is 1. The number of rotatable bonds is 3. The maximum atomic E-state index is 13.0. The number of aromatic nitrogens is 3. The van der Waals surface area contributed by atoms with Gasteiger partial charge in [-0.1, -0.05) is 11.3 Å². The Hall–Kier alpha value is -2.48. The summed E-state index contributed by atoms with van der Waals surface area (Å²) in [5, 5.41) is 5.41. The molecule has 3 aromatic rings. The zero-order valence-electron chi connectivity index (χ0n) is 12.9. The molecule has 0 aliphatic carbocycles. The number of carbonyl (C=O) groups excluding carboxylic acids is 1. The highest BCUT2D eigenvalue weighted by molar-refractivity contribution is 7.20. The molecule has 0 bridgehead atoms. The second-order valence-corrected chi connectivity index (χ2v) is 6.87. The summed E-state index contributed by atoms with van der Waals surface area (Å²) in [6, 6.07) is 6.23. The van der Waals surface area contributed by atoms with E-state index < -0.39 is 0 Å². The fraction of sp³-hybridized carbons (Fsp3) is 0.312. The highest BCUT2D eigenvalue weighted by Crippen LogP contribution is 2.29. The van der Waals surface area contributed by atoms with Crippen molar-refractivity contribution in [3.63, 3.8) is 0 Å². The summed E-state index contributed by atoms with van der Waals surface area (Å²) in [7, 11) is 0. The van der Waals surface area contributed by atoms with Gasteiger partial charge in [-0.2, -0.15) is 0 Å². The summed E-state index contributed by atoms with van der Waals surface area (Å²) >= 11 is 1.48. The summed E-state index contributed by atoms with van der Waals surface area (Å²) in [5.74, 6) is -0.640. The van der Waals surface area contributed by atoms with E-state index in [4.69, 9.17) is 5.73 Å². The lowest BCUT2D eigenvalue weighted by molar-refractivity contribution is -0.122. The Labute approximate surface area is 141 Å². The third-order valence-corrected chi connectivity index (χ3v) is 5.25. The topological polar surface area (TPSA) is 76.5 Å². The first-order valence-corrected chi connectivity index (χ1v) is 8.58. The van der Waals surface area contributed by atoms with Crippen molar-refractivity contribution in [1.29, 1.82) is 0 Å². The predicted octanol–water partition coefficient (Wildman–Crippen LogP) is 2.30. The molecule has 24 heavy (non-hydrogen) atoms. The van der Waals surface area contributed by atoms with Crippen LogP contribution >= 0.6 is 11.3 Å². The molecule has 0 unspecified atom stereocenters. The van der Waals surface area contributed by atoms with Gasteiger partial charge in [0, 0.05) is 18.7 Å². The molecular weight excluding hydrogens is 329 g/mol. The van der Waals surface area contributed by atoms with E-state index in [9.17, 15) is 9.18 Å². The van der Waals surface area contributed by atoms with Crippen molar-refractivity contribution in [3.8, 4) is 11.3 Å². The second kappa shape index (κ2) is 5.86. The van der Waals surface area contributed by atoms with Gasteiger partial charge in [-0.25, -0.2) is 13.9 Å². The minimum absolute atomic E-state index is 0.121. The number of hydrogen-bond acceptors (Lipinski definition) is 5. The van der Waals surface area contributed by atoms with Crippen LogP contribution in [0.5, 0.6) is 0 Å². The second-order valence-electron chi connectivity index (χ2n) is 5.93. The van der Waals surface area contributed by atoms with Gasteiger partial charge in [0.15, 0.2) is 0 Å². The molecule has 6 nitrogen and oxygen atoms in total. The number of carbonyl (C=O) groups is 1. The van der Waals surface area contributed by atoms with Gasteiger partial charge in [-0.3, -0.25) is 4.79 Å². The molecule has 8 heteroatoms. The van der Waals surface area contributed by atoms with Gasteiger partial charge < -0.3 is 10.6 Å². The van der Waals surface area contributed by atoms with E-state index in [0.29, 0.717) is 6.54 Å². The lowest BCUT2D eigenvalue weighted by Gasteiger charge is -2.30. The predicted molar refractivity (Wildman–Crippen MR) is 90.4 cm³/mol. The van der Waals surface area contributed by atoms with Crippen LogP contribution in [0, 0.1) is 11.7 Å². The monoisotopic (exact) mass is 345 g/mol. The lowest BCUT2D eigenvalue weighted by Crippen LogP contribution is -2.41. The van der Waals surface area contributed by atoms with E-state index in [-0.39, 0.29) is 17.6 Å². The van der Waals surface area contributed by atoms with Gasteiger partial charge in [-0.05, 0) is 37.1 Å². The molecule has 1 aliphatic rings. The first-order chi connectivity index (χ1) is 11.6. The highest BCUT2D eigenvalue weighted by Gasteiger charge is 2.26. The number of fused-ring (bicyclic) bond motifs is 1. The molecule has 1 aromatic carbocycles. The van der Waals surface area contributed by atoms with E-state index >= 15 is 0 Å². The summed E-state index contributed by atoms with van der Waals surface area (Å²) in [5.41, 5.74) is 7.04. The summed E-state index contributed by atoms with van der Waals surface area (Å²) < 4.78 is 14.7. The van der Waals surface area contributed by atoms with Crippen LogP contribution < -0.4 is 10.6 Å². The molecule has 1 fully saturated rings. The average Bonchev–Trinajstić information content (AvgIpc) is 3.14. The van der Waals surface area contributed by atoms with Gasteiger partial charge in [0.05, 0.1) is 17.8 Å². The Morgan fingerprint density at radius 3 is 2.83 bits per heavy atom. The fourth-order valence-electron chi connectivity index (χ4n) is 2.96. The van der Waals surface area contributed by atoms with Crippen molar-refractivity contribution in [2.75, 3.05) is 18.0 Å². The maximum absolute atomic E-state index is 13.0. The highest BCUT2D eigenvalue weighted by atomic mass is 32.1. The SMILES string of the molecule is NC(=O)[C@H]1CCCN(c2nn3cc(-c4ccc(F)cc4)nc3s2)C1. The van der Waals surface area contributed by atoms with Crippen LogP contribution in [0.1, 0.15) is 12.8 Å². The average molecular weight is 345 g/mol. The normalized spacial score (nSPS) is 18.2. The molecule has 4 rings (SSSR count). The minimum Gasteiger partial charge on any atom is -0.369 e. The number of halogens is 1. The molecule has 1 amide bonds. The first-order valence-electron chi connectivity index (χ1n) is 7.76. The third-order valence-electron chi connectivity index (χ3n) is 4.27. The number of anilines is 1. The molecule has 1 atom stereocenters. The van der Waals surface area contributed by atoms with Gasteiger partial charge in [-0.15, -0.1) is 5.10 Å². The van der Waals surface area contributed by atoms with Crippen LogP contribution in [-0.4, -0.2) is 33.6 Å². The van der Waals surface area contributed by atoms with Crippen molar-refractivity contribution >= 4 is 27.3 Å². The molecule has 2 aromatic heterocycles. The number of amides is 1. The van der Waals surface area contributed by atoms with Crippen molar-refractivity contribution in [3.05, 3.63) is 36.3 Å². The Kier molecular flexibility index (Phi) is 3.68. The van der Waals surface area contributed by atoms with Crippen LogP contribution in [0.15, 0.2) is 30.5 Å². The number of hydrogen-bond donors (Lipinski definition) is 1. The number of primary amides is 1. The fourth-order valence-corrected chi connectivity index (χ4v) is 3.88. The van der Waals surface area contributed by atoms with Crippen LogP contribution in [0.3, 0.4) is 0 Å². The Bertz CT molecular complexity index is 856. The Morgan fingerprint density at radius 2 is 2.12 bits per heavy atom. The third kappa shape index (κ3) is 2.73. The molecule has 0 spiro atoms. The summed E-state index contributed by atoms with van der Waals surface area (Å²) in [6.07, 6.45) is 3.59. The van der Waals surface area contributed by atoms with E-state index in [0.717, 1.165) is 40.7 Å². The molecule has 3 heterocycles.